The van der Waals surface area contributed by atoms with E-state index in [1.165, 1.54) is 30.9 Å². The number of fused-ring (bicyclic) bond motifs is 16. The maximum absolute atomic E-state index is 12.2. The molecule has 4 aromatic heterocycles. The minimum Gasteiger partial charge on any atom is -0.317 e. The summed E-state index contributed by atoms with van der Waals surface area (Å²) in [7, 11) is 0. The molecule has 0 N–H and O–H groups in total. The molecular weight excluding hydrogens is 889 g/mol. The number of thiophene rings is 2. The van der Waals surface area contributed by atoms with Crippen molar-refractivity contribution in [1.29, 1.82) is 5.26 Å². The van der Waals surface area contributed by atoms with Gasteiger partial charge >= 0.3 is 0 Å². The topological polar surface area (TPSA) is 38.0 Å². The number of nitrogens with zero attached hydrogens (tertiary/aromatic N) is 4. The highest BCUT2D eigenvalue weighted by atomic mass is 32.1. The predicted molar refractivity (Wildman–Crippen MR) is 298 cm³/mol. The van der Waals surface area contributed by atoms with E-state index in [9.17, 15) is 11.8 Å². The largest absolute Gasteiger partial charge is 0.317 e. The molecule has 15 rings (SSSR count). The molecule has 0 aliphatic carbocycles. The van der Waals surface area contributed by atoms with Gasteiger partial charge < -0.3 is 9.13 Å². The zero-order valence-electron chi connectivity index (χ0n) is 37.2. The van der Waals surface area contributed by atoms with Crippen LogP contribution in [-0.4, -0.2) is 9.13 Å². The average molecular weight is 923 g/mol. The lowest BCUT2D eigenvalue weighted by Gasteiger charge is -2.26. The molecule has 0 radical (unpaired) electrons. The Morgan fingerprint density at radius 3 is 1.34 bits per heavy atom. The molecule has 0 saturated heterocycles. The number of benzene rings is 11. The van der Waals surface area contributed by atoms with E-state index in [2.05, 4.69) is 226 Å². The van der Waals surface area contributed by atoms with Crippen molar-refractivity contribution >= 4 is 134 Å². The van der Waals surface area contributed by atoms with Gasteiger partial charge in [0.25, 0.3) is 0 Å². The summed E-state index contributed by atoms with van der Waals surface area (Å²) in [6.07, 6.45) is 0. The van der Waals surface area contributed by atoms with Crippen LogP contribution in [0.25, 0.3) is 144 Å². The summed E-state index contributed by atoms with van der Waals surface area (Å²) in [6, 6.07) is 76.3. The first-order chi connectivity index (χ1) is 34.7. The van der Waals surface area contributed by atoms with Gasteiger partial charge in [-0.25, -0.2) is 4.85 Å². The monoisotopic (exact) mass is 922 g/mol. The third kappa shape index (κ3) is 5.32. The van der Waals surface area contributed by atoms with Gasteiger partial charge in [0.05, 0.1) is 55.0 Å². The molecule has 0 atom stereocenters. The van der Waals surface area contributed by atoms with Crippen LogP contribution in [0.2, 0.25) is 0 Å². The Balaban J connectivity index is 1.25. The van der Waals surface area contributed by atoms with Crippen molar-refractivity contribution in [1.82, 2.24) is 9.13 Å². The molecule has 6 heteroatoms. The molecule has 0 unspecified atom stereocenters. The van der Waals surface area contributed by atoms with E-state index in [0.29, 0.717) is 16.8 Å². The van der Waals surface area contributed by atoms with Crippen LogP contribution < -0.4 is 0 Å². The van der Waals surface area contributed by atoms with Crippen molar-refractivity contribution in [3.8, 4) is 39.7 Å². The number of aromatic nitrogens is 2. The zero-order valence-corrected chi connectivity index (χ0v) is 38.9. The third-order valence-corrected chi connectivity index (χ3v) is 16.9. The molecule has 4 nitrogen and oxygen atoms in total. The van der Waals surface area contributed by atoms with Gasteiger partial charge in [-0.3, -0.25) is 0 Å². The molecule has 0 aliphatic rings. The highest BCUT2D eigenvalue weighted by molar-refractivity contribution is 7.27. The molecule has 0 fully saturated rings. The van der Waals surface area contributed by atoms with Crippen molar-refractivity contribution in [3.63, 3.8) is 0 Å². The summed E-state index contributed by atoms with van der Waals surface area (Å²) in [5, 5.41) is 25.7. The molecule has 0 bridgehead atoms. The van der Waals surface area contributed by atoms with E-state index in [1.807, 2.05) is 0 Å². The predicted octanol–water partition coefficient (Wildman–Crippen LogP) is 18.7. The molecular formula is C64H34N4S2. The quantitative estimate of drug-likeness (QED) is 0.162. The van der Waals surface area contributed by atoms with Crippen molar-refractivity contribution in [2.75, 3.05) is 0 Å². The van der Waals surface area contributed by atoms with Crippen LogP contribution in [0.5, 0.6) is 0 Å². The average Bonchev–Trinajstić information content (AvgIpc) is 4.18. The Hall–Kier alpha value is -9.04. The van der Waals surface area contributed by atoms with Gasteiger partial charge in [0.15, 0.2) is 0 Å². The van der Waals surface area contributed by atoms with Crippen LogP contribution in [0.4, 0.5) is 5.69 Å². The second kappa shape index (κ2) is 14.7. The van der Waals surface area contributed by atoms with Gasteiger partial charge in [0.2, 0.25) is 5.69 Å². The van der Waals surface area contributed by atoms with Crippen LogP contribution in [0, 0.1) is 17.9 Å². The fourth-order valence-electron chi connectivity index (χ4n) is 11.5. The van der Waals surface area contributed by atoms with Crippen molar-refractivity contribution in [3.05, 3.63) is 223 Å². The molecule has 70 heavy (non-hydrogen) atoms. The molecule has 0 spiro atoms. The lowest BCUT2D eigenvalue weighted by Crippen LogP contribution is -2.09. The zero-order chi connectivity index (χ0) is 46.2. The summed E-state index contributed by atoms with van der Waals surface area (Å²) in [4.78, 5) is 4.68. The lowest BCUT2D eigenvalue weighted by atomic mass is 9.87. The van der Waals surface area contributed by atoms with Crippen molar-refractivity contribution in [2.45, 2.75) is 0 Å². The Morgan fingerprint density at radius 1 is 0.400 bits per heavy atom. The number of rotatable bonds is 4. The number of hydrogen-bond donors (Lipinski definition) is 0. The van der Waals surface area contributed by atoms with Crippen LogP contribution in [0.15, 0.2) is 206 Å². The Labute approximate surface area is 408 Å². The van der Waals surface area contributed by atoms with Crippen LogP contribution in [0.1, 0.15) is 5.56 Å². The van der Waals surface area contributed by atoms with Crippen LogP contribution in [-0.2, 0) is 0 Å². The second-order valence-corrected chi connectivity index (χ2v) is 20.2. The third-order valence-electron chi connectivity index (χ3n) is 14.5. The molecule has 0 saturated carbocycles. The Kier molecular flexibility index (Phi) is 8.21. The highest BCUT2D eigenvalue weighted by Gasteiger charge is 2.33. The summed E-state index contributed by atoms with van der Waals surface area (Å²) in [5.74, 6) is 0. The SMILES string of the molecule is [C-]#[N+]c1c(-c2ccc3ccccc3c2)c(C#N)c(-n2c3ccccc3c3ccc4c5ccccc5sc4c32)c(-c2ccc3ccccc3c2)c1-n1c2ccccc2c2ccc3c4ccccc4sc3c21. The minimum atomic E-state index is 0.423. The Bertz CT molecular complexity index is 4640. The van der Waals surface area contributed by atoms with Gasteiger partial charge in [0, 0.05) is 63.6 Å². The molecule has 11 aromatic carbocycles. The van der Waals surface area contributed by atoms with E-state index in [1.54, 1.807) is 22.7 Å². The lowest BCUT2D eigenvalue weighted by molar-refractivity contribution is 1.14. The maximum Gasteiger partial charge on any atom is 0.220 e. The molecule has 0 amide bonds. The first-order valence-electron chi connectivity index (χ1n) is 23.3. The summed E-state index contributed by atoms with van der Waals surface area (Å²) < 4.78 is 9.48. The maximum atomic E-state index is 12.2. The normalized spacial score (nSPS) is 12.0. The first-order valence-corrected chi connectivity index (χ1v) is 25.0. The van der Waals surface area contributed by atoms with Gasteiger partial charge in [-0.15, -0.1) is 22.7 Å². The number of nitriles is 1. The number of hydrogen-bond acceptors (Lipinski definition) is 3. The highest BCUT2D eigenvalue weighted by Crippen LogP contribution is 2.55. The van der Waals surface area contributed by atoms with Gasteiger partial charge in [-0.2, -0.15) is 5.26 Å². The van der Waals surface area contributed by atoms with Crippen molar-refractivity contribution < 1.29 is 0 Å². The van der Waals surface area contributed by atoms with Gasteiger partial charge in [-0.1, -0.05) is 170 Å². The van der Waals surface area contributed by atoms with E-state index in [4.69, 9.17) is 0 Å². The van der Waals surface area contributed by atoms with E-state index < -0.39 is 0 Å². The van der Waals surface area contributed by atoms with Crippen LogP contribution >= 0.6 is 22.7 Å². The van der Waals surface area contributed by atoms with Crippen LogP contribution in [0.3, 0.4) is 0 Å². The van der Waals surface area contributed by atoms with E-state index >= 15 is 0 Å². The molecule has 0 aliphatic heterocycles. The molecule has 4 heterocycles. The molecule has 322 valence electrons. The number of para-hydroxylation sites is 2. The summed E-state index contributed by atoms with van der Waals surface area (Å²) >= 11 is 3.59. The summed E-state index contributed by atoms with van der Waals surface area (Å²) in [5.41, 5.74) is 9.58. The van der Waals surface area contributed by atoms with E-state index in [-0.39, 0.29) is 0 Å². The smallest absolute Gasteiger partial charge is 0.220 e. The summed E-state index contributed by atoms with van der Waals surface area (Å²) in [6.45, 7) is 9.55. The standard InChI is InChI=1S/C64H34N4S2/c1-66-58-56(41-28-26-37-14-2-4-16-39(37)34-41)51(36-65)59(67-52-22-10-6-18-43(52)47-30-32-49-45-20-8-12-24-54(45)69-63(49)60(47)67)57(42-29-27-38-15-3-5-17-40(38)35-42)62(58)68-53-23-11-7-19-44(53)48-31-33-50-46-21-9-13-25-55(46)70-64(50)61(48)68/h2-35H. The van der Waals surface area contributed by atoms with Gasteiger partial charge in [0.1, 0.15) is 6.07 Å². The Morgan fingerprint density at radius 2 is 0.829 bits per heavy atom. The second-order valence-electron chi connectivity index (χ2n) is 18.1. The first kappa shape index (κ1) is 39.0. The van der Waals surface area contributed by atoms with Gasteiger partial charge in [-0.05, 0) is 69.1 Å². The molecule has 15 aromatic rings. The van der Waals surface area contributed by atoms with E-state index in [0.717, 1.165) is 103 Å². The fourth-order valence-corrected chi connectivity index (χ4v) is 14.0. The minimum absolute atomic E-state index is 0.423. The fraction of sp³-hybridized carbons (Fsp3) is 0. The van der Waals surface area contributed by atoms with Crippen molar-refractivity contribution in [2.24, 2.45) is 0 Å².